The third kappa shape index (κ3) is 2.28. The molecule has 0 saturated heterocycles. The zero-order valence-electron chi connectivity index (χ0n) is 10.8. The molecule has 0 unspecified atom stereocenters. The average Bonchev–Trinajstić information content (AvgIpc) is 2.44. The first-order valence-electron chi connectivity index (χ1n) is 6.61. The van der Waals surface area contributed by atoms with Gasteiger partial charge in [-0.25, -0.2) is 4.39 Å². The molecule has 0 bridgehead atoms. The molecule has 0 fully saturated rings. The fourth-order valence-electron chi connectivity index (χ4n) is 2.70. The number of hydrogen-bond donors (Lipinski definition) is 1. The van der Waals surface area contributed by atoms with Gasteiger partial charge < -0.3 is 10.6 Å². The van der Waals surface area contributed by atoms with Crippen molar-refractivity contribution in [2.24, 2.45) is 0 Å². The monoisotopic (exact) mass is 256 g/mol. The van der Waals surface area contributed by atoms with Crippen LogP contribution >= 0.6 is 0 Å². The lowest BCUT2D eigenvalue weighted by atomic mass is 10.0. The van der Waals surface area contributed by atoms with Crippen molar-refractivity contribution < 1.29 is 4.39 Å². The molecule has 3 heteroatoms. The summed E-state index contributed by atoms with van der Waals surface area (Å²) in [6.45, 7) is 1.66. The first-order chi connectivity index (χ1) is 9.25. The average molecular weight is 256 g/mol. The molecule has 2 aromatic rings. The van der Waals surface area contributed by atoms with E-state index in [4.69, 9.17) is 5.73 Å². The molecule has 1 aliphatic rings. The van der Waals surface area contributed by atoms with Crippen LogP contribution in [-0.4, -0.2) is 6.54 Å². The Morgan fingerprint density at radius 2 is 1.95 bits per heavy atom. The second kappa shape index (κ2) is 4.92. The summed E-state index contributed by atoms with van der Waals surface area (Å²) >= 11 is 0. The molecule has 19 heavy (non-hydrogen) atoms. The van der Waals surface area contributed by atoms with Crippen molar-refractivity contribution in [1.29, 1.82) is 0 Å². The van der Waals surface area contributed by atoms with Crippen LogP contribution in [0.2, 0.25) is 0 Å². The summed E-state index contributed by atoms with van der Waals surface area (Å²) in [5.74, 6) is -0.331. The standard InChI is InChI=1S/C16H17FN2/c17-14-8-3-6-13(16(14)18)11-19-10-4-7-12-5-1-2-9-15(12)19/h1-3,5-6,8-9H,4,7,10-11,18H2. The van der Waals surface area contributed by atoms with Crippen LogP contribution in [0.25, 0.3) is 0 Å². The van der Waals surface area contributed by atoms with E-state index in [-0.39, 0.29) is 11.5 Å². The van der Waals surface area contributed by atoms with Gasteiger partial charge in [-0.2, -0.15) is 0 Å². The summed E-state index contributed by atoms with van der Waals surface area (Å²) < 4.78 is 13.5. The van der Waals surface area contributed by atoms with Gasteiger partial charge in [-0.1, -0.05) is 30.3 Å². The fourth-order valence-corrected chi connectivity index (χ4v) is 2.70. The Labute approximate surface area is 112 Å². The van der Waals surface area contributed by atoms with Gasteiger partial charge in [0, 0.05) is 18.8 Å². The molecule has 0 aliphatic carbocycles. The molecule has 0 aromatic heterocycles. The lowest BCUT2D eigenvalue weighted by Crippen LogP contribution is -2.29. The quantitative estimate of drug-likeness (QED) is 0.835. The van der Waals surface area contributed by atoms with Crippen molar-refractivity contribution in [1.82, 2.24) is 0 Å². The third-order valence-electron chi connectivity index (χ3n) is 3.71. The first kappa shape index (κ1) is 12.0. The van der Waals surface area contributed by atoms with Gasteiger partial charge in [0.05, 0.1) is 5.69 Å². The van der Waals surface area contributed by atoms with Gasteiger partial charge in [0.2, 0.25) is 0 Å². The van der Waals surface area contributed by atoms with E-state index in [1.807, 2.05) is 12.1 Å². The van der Waals surface area contributed by atoms with Gasteiger partial charge in [0.15, 0.2) is 0 Å². The summed E-state index contributed by atoms with van der Waals surface area (Å²) in [7, 11) is 0. The van der Waals surface area contributed by atoms with Crippen molar-refractivity contribution >= 4 is 11.4 Å². The molecule has 0 atom stereocenters. The number of rotatable bonds is 2. The van der Waals surface area contributed by atoms with Crippen LogP contribution in [-0.2, 0) is 13.0 Å². The predicted octanol–water partition coefficient (Wildman–Crippen LogP) is 3.36. The van der Waals surface area contributed by atoms with E-state index in [9.17, 15) is 4.39 Å². The number of nitrogen functional groups attached to an aromatic ring is 1. The lowest BCUT2D eigenvalue weighted by molar-refractivity contribution is 0.628. The molecule has 0 spiro atoms. The highest BCUT2D eigenvalue weighted by Crippen LogP contribution is 2.29. The summed E-state index contributed by atoms with van der Waals surface area (Å²) in [6, 6.07) is 13.4. The van der Waals surface area contributed by atoms with Crippen LogP contribution in [0.5, 0.6) is 0 Å². The number of nitrogens with two attached hydrogens (primary N) is 1. The third-order valence-corrected chi connectivity index (χ3v) is 3.71. The Kier molecular flexibility index (Phi) is 3.11. The Hall–Kier alpha value is -2.03. The maximum atomic E-state index is 13.5. The van der Waals surface area contributed by atoms with Crippen molar-refractivity contribution in [3.63, 3.8) is 0 Å². The zero-order chi connectivity index (χ0) is 13.2. The number of benzene rings is 2. The minimum atomic E-state index is -0.331. The number of para-hydroxylation sites is 2. The molecule has 0 saturated carbocycles. The topological polar surface area (TPSA) is 29.3 Å². The number of halogens is 1. The largest absolute Gasteiger partial charge is 0.396 e. The van der Waals surface area contributed by atoms with E-state index in [0.717, 1.165) is 24.9 Å². The molecule has 1 heterocycles. The highest BCUT2D eigenvalue weighted by molar-refractivity contribution is 5.57. The van der Waals surface area contributed by atoms with E-state index in [1.165, 1.54) is 17.3 Å². The van der Waals surface area contributed by atoms with Crippen molar-refractivity contribution in [2.75, 3.05) is 17.2 Å². The molecular weight excluding hydrogens is 239 g/mol. The molecule has 0 amide bonds. The van der Waals surface area contributed by atoms with E-state index >= 15 is 0 Å². The van der Waals surface area contributed by atoms with E-state index in [1.54, 1.807) is 6.07 Å². The summed E-state index contributed by atoms with van der Waals surface area (Å²) in [5.41, 5.74) is 9.56. The SMILES string of the molecule is Nc1c(F)cccc1CN1CCCc2ccccc21. The number of hydrogen-bond acceptors (Lipinski definition) is 2. The molecule has 2 N–H and O–H groups in total. The second-order valence-corrected chi connectivity index (χ2v) is 4.97. The van der Waals surface area contributed by atoms with Gasteiger partial charge in [-0.3, -0.25) is 0 Å². The van der Waals surface area contributed by atoms with Crippen LogP contribution in [0.15, 0.2) is 42.5 Å². The van der Waals surface area contributed by atoms with Crippen LogP contribution in [0, 0.1) is 5.82 Å². The van der Waals surface area contributed by atoms with Gasteiger partial charge in [0.1, 0.15) is 5.82 Å². The van der Waals surface area contributed by atoms with Gasteiger partial charge in [0.25, 0.3) is 0 Å². The fraction of sp³-hybridized carbons (Fsp3) is 0.250. The summed E-state index contributed by atoms with van der Waals surface area (Å²) in [5, 5.41) is 0. The van der Waals surface area contributed by atoms with Crippen LogP contribution in [0.3, 0.4) is 0 Å². The Balaban J connectivity index is 1.91. The first-order valence-corrected chi connectivity index (χ1v) is 6.61. The van der Waals surface area contributed by atoms with E-state index in [2.05, 4.69) is 23.1 Å². The molecule has 1 aliphatic heterocycles. The van der Waals surface area contributed by atoms with Gasteiger partial charge >= 0.3 is 0 Å². The Morgan fingerprint density at radius 3 is 2.84 bits per heavy atom. The normalized spacial score (nSPS) is 14.3. The smallest absolute Gasteiger partial charge is 0.146 e. The molecule has 0 radical (unpaired) electrons. The Bertz CT molecular complexity index is 595. The van der Waals surface area contributed by atoms with Crippen molar-refractivity contribution in [3.05, 3.63) is 59.4 Å². The van der Waals surface area contributed by atoms with Gasteiger partial charge in [-0.15, -0.1) is 0 Å². The maximum Gasteiger partial charge on any atom is 0.146 e. The molecule has 2 nitrogen and oxygen atoms in total. The number of fused-ring (bicyclic) bond motifs is 1. The second-order valence-electron chi connectivity index (χ2n) is 4.97. The van der Waals surface area contributed by atoms with Crippen molar-refractivity contribution in [3.8, 4) is 0 Å². The minimum absolute atomic E-state index is 0.269. The van der Waals surface area contributed by atoms with Crippen molar-refractivity contribution in [2.45, 2.75) is 19.4 Å². The summed E-state index contributed by atoms with van der Waals surface area (Å²) in [4.78, 5) is 2.28. The number of aryl methyl sites for hydroxylation is 1. The van der Waals surface area contributed by atoms with Crippen LogP contribution < -0.4 is 10.6 Å². The Morgan fingerprint density at radius 1 is 1.11 bits per heavy atom. The van der Waals surface area contributed by atoms with Gasteiger partial charge in [-0.05, 0) is 36.1 Å². The van der Waals surface area contributed by atoms with E-state index < -0.39 is 0 Å². The van der Waals surface area contributed by atoms with Crippen LogP contribution in [0.1, 0.15) is 17.5 Å². The molecule has 3 rings (SSSR count). The molecule has 2 aromatic carbocycles. The maximum absolute atomic E-state index is 13.5. The number of nitrogens with zero attached hydrogens (tertiary/aromatic N) is 1. The molecular formula is C16H17FN2. The summed E-state index contributed by atoms with van der Waals surface area (Å²) in [6.07, 6.45) is 2.25. The predicted molar refractivity (Wildman–Crippen MR) is 76.6 cm³/mol. The minimum Gasteiger partial charge on any atom is -0.396 e. The molecule has 98 valence electrons. The van der Waals surface area contributed by atoms with Crippen LogP contribution in [0.4, 0.5) is 15.8 Å². The lowest BCUT2D eigenvalue weighted by Gasteiger charge is -2.31. The number of anilines is 2. The highest BCUT2D eigenvalue weighted by atomic mass is 19.1. The highest BCUT2D eigenvalue weighted by Gasteiger charge is 2.17. The zero-order valence-corrected chi connectivity index (χ0v) is 10.8. The van der Waals surface area contributed by atoms with E-state index in [0.29, 0.717) is 6.54 Å².